The number of benzene rings is 1. The van der Waals surface area contributed by atoms with Crippen molar-refractivity contribution in [1.82, 2.24) is 10.2 Å². The summed E-state index contributed by atoms with van der Waals surface area (Å²) in [6.07, 6.45) is 6.60. The van der Waals surface area contributed by atoms with Crippen LogP contribution in [0.4, 0.5) is 5.69 Å². The molecule has 0 bridgehead atoms. The lowest BCUT2D eigenvalue weighted by Crippen LogP contribution is -2.41. The summed E-state index contributed by atoms with van der Waals surface area (Å²) in [5.41, 5.74) is 17.9. The largest absolute Gasteiger partial charge is 0.404 e. The third-order valence-electron chi connectivity index (χ3n) is 5.63. The second kappa shape index (κ2) is 9.61. The van der Waals surface area contributed by atoms with E-state index < -0.39 is 0 Å². The highest BCUT2D eigenvalue weighted by molar-refractivity contribution is 6.10. The van der Waals surface area contributed by atoms with Crippen molar-refractivity contribution in [3.8, 4) is 0 Å². The number of nitrogens with one attached hydrogen (secondary N) is 1. The van der Waals surface area contributed by atoms with Gasteiger partial charge in [-0.1, -0.05) is 6.07 Å². The molecule has 1 aromatic carbocycles. The van der Waals surface area contributed by atoms with Gasteiger partial charge in [0.05, 0.1) is 12.2 Å². The molecule has 2 aliphatic rings. The third-order valence-corrected chi connectivity index (χ3v) is 5.63. The van der Waals surface area contributed by atoms with E-state index in [0.29, 0.717) is 18.9 Å². The van der Waals surface area contributed by atoms with E-state index >= 15 is 0 Å². The Morgan fingerprint density at radius 2 is 2.13 bits per heavy atom. The number of carbonyl (C=O) groups excluding carboxylic acids is 1. The highest BCUT2D eigenvalue weighted by Crippen LogP contribution is 2.29. The maximum absolute atomic E-state index is 11.9. The number of nitrogens with two attached hydrogens (primary N) is 2. The van der Waals surface area contributed by atoms with Crippen molar-refractivity contribution in [2.24, 2.45) is 27.4 Å². The van der Waals surface area contributed by atoms with Gasteiger partial charge in [-0.15, -0.1) is 0 Å². The standard InChI is InChI=1S/C23H32N6O/c1-15-4-7-19(10-20(15)18(11-24)13-26-3)28-23(25)21-14-29(16(2)30)9-8-22(21)27-12-17-5-6-17/h4,7,10-11,13,17,27H,5-6,8-9,12,14,24H2,1-3H3,(H2,25,28). The van der Waals surface area contributed by atoms with Gasteiger partial charge in [0.1, 0.15) is 5.84 Å². The zero-order chi connectivity index (χ0) is 21.7. The van der Waals surface area contributed by atoms with Gasteiger partial charge in [-0.2, -0.15) is 0 Å². The molecule has 1 aliphatic heterocycles. The maximum atomic E-state index is 11.9. The Balaban J connectivity index is 1.92. The van der Waals surface area contributed by atoms with E-state index in [4.69, 9.17) is 16.5 Å². The predicted molar refractivity (Wildman–Crippen MR) is 124 cm³/mol. The Morgan fingerprint density at radius 3 is 2.77 bits per heavy atom. The number of aryl methyl sites for hydroxylation is 1. The molecule has 1 fully saturated rings. The molecule has 7 heteroatoms. The summed E-state index contributed by atoms with van der Waals surface area (Å²) in [6, 6.07) is 5.90. The van der Waals surface area contributed by atoms with E-state index in [1.807, 2.05) is 30.0 Å². The van der Waals surface area contributed by atoms with Crippen molar-refractivity contribution < 1.29 is 4.79 Å². The number of hydrogen-bond donors (Lipinski definition) is 3. The molecule has 5 N–H and O–H groups in total. The molecule has 0 spiro atoms. The molecule has 3 rings (SSSR count). The summed E-state index contributed by atoms with van der Waals surface area (Å²) < 4.78 is 0. The summed E-state index contributed by atoms with van der Waals surface area (Å²) in [7, 11) is 1.71. The topological polar surface area (TPSA) is 109 Å². The minimum absolute atomic E-state index is 0.0516. The van der Waals surface area contributed by atoms with Crippen LogP contribution in [0.2, 0.25) is 0 Å². The van der Waals surface area contributed by atoms with Gasteiger partial charge in [0.15, 0.2) is 0 Å². The molecular weight excluding hydrogens is 376 g/mol. The smallest absolute Gasteiger partial charge is 0.219 e. The van der Waals surface area contributed by atoms with Crippen LogP contribution in [0.15, 0.2) is 45.7 Å². The number of aliphatic imine (C=N–C) groups is 2. The number of hydrogen-bond acceptors (Lipinski definition) is 5. The van der Waals surface area contributed by atoms with Crippen molar-refractivity contribution in [3.63, 3.8) is 0 Å². The number of rotatable bonds is 7. The molecule has 30 heavy (non-hydrogen) atoms. The molecular formula is C23H32N6O. The van der Waals surface area contributed by atoms with Crippen LogP contribution in [0, 0.1) is 12.8 Å². The van der Waals surface area contributed by atoms with E-state index in [1.165, 1.54) is 12.8 Å². The molecule has 1 aliphatic carbocycles. The molecule has 0 unspecified atom stereocenters. The lowest BCUT2D eigenvalue weighted by Gasteiger charge is -2.30. The van der Waals surface area contributed by atoms with E-state index in [2.05, 4.69) is 10.3 Å². The molecule has 1 aromatic rings. The van der Waals surface area contributed by atoms with Gasteiger partial charge in [0, 0.05) is 62.7 Å². The average molecular weight is 409 g/mol. The fourth-order valence-corrected chi connectivity index (χ4v) is 3.59. The molecule has 7 nitrogen and oxygen atoms in total. The van der Waals surface area contributed by atoms with Gasteiger partial charge in [0.25, 0.3) is 0 Å². The van der Waals surface area contributed by atoms with Gasteiger partial charge >= 0.3 is 0 Å². The van der Waals surface area contributed by atoms with E-state index in [-0.39, 0.29) is 5.91 Å². The molecule has 0 atom stereocenters. The lowest BCUT2D eigenvalue weighted by molar-refractivity contribution is -0.128. The summed E-state index contributed by atoms with van der Waals surface area (Å²) in [5.74, 6) is 1.25. The van der Waals surface area contributed by atoms with Crippen LogP contribution in [-0.2, 0) is 4.79 Å². The number of amidine groups is 1. The van der Waals surface area contributed by atoms with E-state index in [9.17, 15) is 4.79 Å². The molecule has 0 aromatic heterocycles. The molecule has 160 valence electrons. The Bertz CT molecular complexity index is 924. The second-order valence-electron chi connectivity index (χ2n) is 7.98. The minimum Gasteiger partial charge on any atom is -0.404 e. The van der Waals surface area contributed by atoms with Gasteiger partial charge < -0.3 is 21.7 Å². The Hall–Kier alpha value is -3.09. The normalized spacial score (nSPS) is 18.3. The minimum atomic E-state index is 0.0516. The third kappa shape index (κ3) is 5.28. The van der Waals surface area contributed by atoms with Crippen molar-refractivity contribution in [2.75, 3.05) is 26.7 Å². The summed E-state index contributed by atoms with van der Waals surface area (Å²) in [4.78, 5) is 22.5. The fraction of sp³-hybridized carbons (Fsp3) is 0.435. The molecule has 1 amide bonds. The summed E-state index contributed by atoms with van der Waals surface area (Å²) >= 11 is 0. The second-order valence-corrected chi connectivity index (χ2v) is 7.98. The quantitative estimate of drug-likeness (QED) is 0.476. The van der Waals surface area contributed by atoms with Crippen LogP contribution in [0.3, 0.4) is 0 Å². The van der Waals surface area contributed by atoms with Gasteiger partial charge in [0.2, 0.25) is 5.91 Å². The van der Waals surface area contributed by atoms with Crippen LogP contribution in [0.5, 0.6) is 0 Å². The van der Waals surface area contributed by atoms with Crippen LogP contribution in [-0.4, -0.2) is 49.5 Å². The van der Waals surface area contributed by atoms with Gasteiger partial charge in [-0.3, -0.25) is 9.79 Å². The fourth-order valence-electron chi connectivity index (χ4n) is 3.59. The maximum Gasteiger partial charge on any atom is 0.219 e. The highest BCUT2D eigenvalue weighted by atomic mass is 16.2. The average Bonchev–Trinajstić information content (AvgIpc) is 3.56. The van der Waals surface area contributed by atoms with Crippen molar-refractivity contribution in [3.05, 3.63) is 46.8 Å². The van der Waals surface area contributed by atoms with Gasteiger partial charge in [-0.05, 0) is 48.9 Å². The van der Waals surface area contributed by atoms with Crippen molar-refractivity contribution >= 4 is 29.2 Å². The first-order valence-corrected chi connectivity index (χ1v) is 10.4. The van der Waals surface area contributed by atoms with Crippen LogP contribution in [0.1, 0.15) is 37.3 Å². The summed E-state index contributed by atoms with van der Waals surface area (Å²) in [5, 5.41) is 3.56. The van der Waals surface area contributed by atoms with Crippen LogP contribution >= 0.6 is 0 Å². The first-order valence-electron chi connectivity index (χ1n) is 10.4. The molecule has 0 saturated heterocycles. The number of nitrogens with zero attached hydrogens (tertiary/aromatic N) is 3. The predicted octanol–water partition coefficient (Wildman–Crippen LogP) is 2.49. The first kappa shape index (κ1) is 21.6. The van der Waals surface area contributed by atoms with Crippen LogP contribution < -0.4 is 16.8 Å². The van der Waals surface area contributed by atoms with Crippen molar-refractivity contribution in [1.29, 1.82) is 0 Å². The summed E-state index contributed by atoms with van der Waals surface area (Å²) in [6.45, 7) is 5.76. The number of allylic oxidation sites excluding steroid dienone is 1. The molecule has 0 radical (unpaired) electrons. The zero-order valence-electron chi connectivity index (χ0n) is 18.1. The van der Waals surface area contributed by atoms with Crippen LogP contribution in [0.25, 0.3) is 5.57 Å². The number of amides is 1. The van der Waals surface area contributed by atoms with Crippen molar-refractivity contribution in [2.45, 2.75) is 33.1 Å². The zero-order valence-corrected chi connectivity index (χ0v) is 18.1. The molecule has 1 heterocycles. The Labute approximate surface area is 178 Å². The van der Waals surface area contributed by atoms with E-state index in [0.717, 1.165) is 52.5 Å². The van der Waals surface area contributed by atoms with Gasteiger partial charge in [-0.25, -0.2) is 4.99 Å². The first-order chi connectivity index (χ1) is 14.4. The monoisotopic (exact) mass is 408 g/mol. The number of carbonyl (C=O) groups is 1. The Morgan fingerprint density at radius 1 is 1.37 bits per heavy atom. The Kier molecular flexibility index (Phi) is 6.92. The van der Waals surface area contributed by atoms with E-state index in [1.54, 1.807) is 26.4 Å². The highest BCUT2D eigenvalue weighted by Gasteiger charge is 2.26. The molecule has 1 saturated carbocycles. The lowest BCUT2D eigenvalue weighted by atomic mass is 10.0. The SMILES string of the molecule is CN=CC(=CN)c1cc(N=C(N)C2=C(NCC3CC3)CCN(C(C)=O)C2)ccc1C.